The zero-order valence-electron chi connectivity index (χ0n) is 20.6. The van der Waals surface area contributed by atoms with Crippen LogP contribution in [0.4, 0.5) is 15.9 Å². The first-order valence-corrected chi connectivity index (χ1v) is 11.6. The lowest BCUT2D eigenvalue weighted by molar-refractivity contribution is 0.0963. The van der Waals surface area contributed by atoms with Crippen LogP contribution in [-0.2, 0) is 0 Å². The molecular weight excluding hydrogens is 473 g/mol. The molecule has 2 aromatic carbocycles. The Balaban J connectivity index is 0.000000469. The van der Waals surface area contributed by atoms with Gasteiger partial charge in [0.1, 0.15) is 12.4 Å². The Labute approximate surface area is 213 Å². The van der Waals surface area contributed by atoms with Gasteiger partial charge in [-0.2, -0.15) is 5.26 Å². The largest absolute Gasteiger partial charge is 0.434 e. The number of carbonyl (C=O) groups excluding carboxylic acids is 1. The molecule has 0 spiro atoms. The number of ether oxygens (including phenoxy) is 1. The minimum atomic E-state index is -0.552. The Morgan fingerprint density at radius 3 is 2.57 bits per heavy atom. The highest BCUT2D eigenvalue weighted by molar-refractivity contribution is 5.94. The molecule has 1 amide bonds. The van der Waals surface area contributed by atoms with Gasteiger partial charge in [-0.15, -0.1) is 0 Å². The van der Waals surface area contributed by atoms with Crippen molar-refractivity contribution in [2.24, 2.45) is 0 Å². The third-order valence-corrected chi connectivity index (χ3v) is 5.60. The van der Waals surface area contributed by atoms with E-state index in [1.165, 1.54) is 24.5 Å². The topological polar surface area (TPSA) is 128 Å². The van der Waals surface area contributed by atoms with E-state index in [-0.39, 0.29) is 28.9 Å². The number of halogens is 1. The smallest absolute Gasteiger partial charge is 0.251 e. The van der Waals surface area contributed by atoms with Gasteiger partial charge in [-0.3, -0.25) is 4.79 Å². The number of anilines is 2. The number of nitriles is 1. The molecule has 3 heterocycles. The Hall–Kier alpha value is -4.91. The van der Waals surface area contributed by atoms with Crippen LogP contribution in [0.1, 0.15) is 35.0 Å². The number of nitrogens with one attached hydrogen (secondary N) is 4. The zero-order chi connectivity index (χ0) is 26.4. The molecule has 188 valence electrons. The number of amides is 1. The molecule has 0 saturated heterocycles. The van der Waals surface area contributed by atoms with E-state index in [2.05, 4.69) is 43.9 Å². The van der Waals surface area contributed by atoms with Crippen molar-refractivity contribution in [3.8, 4) is 17.7 Å². The Morgan fingerprint density at radius 2 is 1.95 bits per heavy atom. The maximum absolute atomic E-state index is 14.9. The fraction of sp³-hybridized carbons (Fsp3) is 0.185. The summed E-state index contributed by atoms with van der Waals surface area (Å²) in [5.74, 6) is -0.698. The molecule has 1 aliphatic heterocycles. The summed E-state index contributed by atoms with van der Waals surface area (Å²) in [5, 5.41) is 18.8. The number of rotatable bonds is 5. The van der Waals surface area contributed by atoms with Gasteiger partial charge in [-0.1, -0.05) is 6.08 Å². The van der Waals surface area contributed by atoms with Gasteiger partial charge < -0.3 is 25.7 Å². The van der Waals surface area contributed by atoms with Gasteiger partial charge >= 0.3 is 0 Å². The number of allylic oxidation sites excluding steroid dienone is 1. The number of aromatic nitrogens is 3. The number of benzene rings is 2. The number of aromatic amines is 1. The van der Waals surface area contributed by atoms with Gasteiger partial charge in [0, 0.05) is 47.1 Å². The predicted octanol–water partition coefficient (Wildman–Crippen LogP) is 5.06. The number of carbonyl (C=O) groups is 1. The third kappa shape index (κ3) is 5.85. The van der Waals surface area contributed by atoms with Crippen LogP contribution < -0.4 is 20.7 Å². The van der Waals surface area contributed by atoms with E-state index in [4.69, 9.17) is 4.74 Å². The normalized spacial score (nSPS) is 12.0. The van der Waals surface area contributed by atoms with Crippen molar-refractivity contribution in [1.82, 2.24) is 25.6 Å². The lowest BCUT2D eigenvalue weighted by Crippen LogP contribution is -2.17. The minimum absolute atomic E-state index is 0.0163. The first-order valence-electron chi connectivity index (χ1n) is 11.6. The molecule has 37 heavy (non-hydrogen) atoms. The van der Waals surface area contributed by atoms with Crippen LogP contribution in [-0.4, -0.2) is 34.5 Å². The lowest BCUT2D eigenvalue weighted by Gasteiger charge is -2.11. The molecule has 10 heteroatoms. The Kier molecular flexibility index (Phi) is 7.64. The Morgan fingerprint density at radius 1 is 1.16 bits per heavy atom. The van der Waals surface area contributed by atoms with Gasteiger partial charge in [0.05, 0.1) is 0 Å². The summed E-state index contributed by atoms with van der Waals surface area (Å²) >= 11 is 0. The first kappa shape index (κ1) is 25.2. The molecule has 0 saturated carbocycles. The summed E-state index contributed by atoms with van der Waals surface area (Å²) < 4.78 is 20.5. The number of fused-ring (bicyclic) bond motifs is 1. The lowest BCUT2D eigenvalue weighted by atomic mass is 10.2. The molecule has 9 nitrogen and oxygen atoms in total. The van der Waals surface area contributed by atoms with E-state index in [1.807, 2.05) is 13.0 Å². The first-order chi connectivity index (χ1) is 17.9. The van der Waals surface area contributed by atoms with Crippen LogP contribution >= 0.6 is 0 Å². The van der Waals surface area contributed by atoms with Crippen molar-refractivity contribution in [2.45, 2.75) is 20.3 Å². The summed E-state index contributed by atoms with van der Waals surface area (Å²) in [6.07, 6.45) is 4.64. The third-order valence-electron chi connectivity index (χ3n) is 5.60. The van der Waals surface area contributed by atoms with Crippen LogP contribution in [0.15, 0.2) is 60.6 Å². The summed E-state index contributed by atoms with van der Waals surface area (Å²) in [7, 11) is 1.55. The van der Waals surface area contributed by atoms with Crippen molar-refractivity contribution in [1.29, 1.82) is 5.26 Å². The second-order valence-electron chi connectivity index (χ2n) is 8.29. The quantitative estimate of drug-likeness (QED) is 0.302. The average Bonchev–Trinajstić information content (AvgIpc) is 3.54. The average molecular weight is 500 g/mol. The van der Waals surface area contributed by atoms with Crippen LogP contribution in [0.5, 0.6) is 11.6 Å². The van der Waals surface area contributed by atoms with Crippen molar-refractivity contribution in [3.63, 3.8) is 0 Å². The molecule has 2 aromatic heterocycles. The van der Waals surface area contributed by atoms with E-state index in [0.717, 1.165) is 12.2 Å². The number of hydrogen-bond donors (Lipinski definition) is 4. The maximum atomic E-state index is 14.9. The van der Waals surface area contributed by atoms with Crippen molar-refractivity contribution in [2.75, 3.05) is 18.9 Å². The van der Waals surface area contributed by atoms with E-state index in [1.54, 1.807) is 43.4 Å². The van der Waals surface area contributed by atoms with Crippen LogP contribution in [0, 0.1) is 24.1 Å². The van der Waals surface area contributed by atoms with Crippen molar-refractivity contribution < 1.29 is 13.9 Å². The van der Waals surface area contributed by atoms with Crippen LogP contribution in [0.25, 0.3) is 10.9 Å². The van der Waals surface area contributed by atoms with Crippen LogP contribution in [0.2, 0.25) is 0 Å². The number of H-pyrrole nitrogens is 1. The molecule has 4 aromatic rings. The van der Waals surface area contributed by atoms with Gasteiger partial charge in [-0.25, -0.2) is 14.4 Å². The maximum Gasteiger partial charge on any atom is 0.251 e. The van der Waals surface area contributed by atoms with E-state index in [9.17, 15) is 14.4 Å². The van der Waals surface area contributed by atoms with Crippen molar-refractivity contribution in [3.05, 3.63) is 83.2 Å². The van der Waals surface area contributed by atoms with E-state index in [0.29, 0.717) is 22.2 Å². The number of hydrogen-bond acceptors (Lipinski definition) is 7. The summed E-state index contributed by atoms with van der Waals surface area (Å²) in [4.78, 5) is 22.8. The van der Waals surface area contributed by atoms with Gasteiger partial charge in [0.2, 0.25) is 5.88 Å². The summed E-state index contributed by atoms with van der Waals surface area (Å²) in [6, 6.07) is 13.5. The number of nitrogens with zero attached hydrogens (tertiary/aromatic N) is 3. The highest BCUT2D eigenvalue weighted by Gasteiger charge is 2.17. The molecule has 0 aliphatic carbocycles. The fourth-order valence-corrected chi connectivity index (χ4v) is 3.73. The molecule has 0 atom stereocenters. The fourth-order valence-electron chi connectivity index (χ4n) is 3.73. The molecule has 0 unspecified atom stereocenters. The molecule has 1 aliphatic rings. The molecule has 0 fully saturated rings. The summed E-state index contributed by atoms with van der Waals surface area (Å²) in [6.45, 7) is 5.07. The molecular formula is C27H26FN7O2. The predicted molar refractivity (Wildman–Crippen MR) is 139 cm³/mol. The van der Waals surface area contributed by atoms with E-state index >= 15 is 0 Å². The highest BCUT2D eigenvalue weighted by Crippen LogP contribution is 2.32. The summed E-state index contributed by atoms with van der Waals surface area (Å²) in [5.41, 5.74) is 3.90. The van der Waals surface area contributed by atoms with Crippen molar-refractivity contribution >= 4 is 28.3 Å². The minimum Gasteiger partial charge on any atom is -0.434 e. The molecule has 0 radical (unpaired) electrons. The van der Waals surface area contributed by atoms with Gasteiger partial charge in [0.15, 0.2) is 22.9 Å². The Bertz CT molecular complexity index is 1500. The highest BCUT2D eigenvalue weighted by atomic mass is 19.1. The molecule has 0 bridgehead atoms. The van der Waals surface area contributed by atoms with E-state index < -0.39 is 5.82 Å². The SMILES string of the molecule is CC1=CCCN1.CNC(=O)c1ccc(Nc2ncnc(Oc3ccc4[nH]c(C)cc4c3F)c2C#N)cc1. The monoisotopic (exact) mass is 499 g/mol. The van der Waals surface area contributed by atoms with Gasteiger partial charge in [-0.05, 0) is 62.7 Å². The molecule has 4 N–H and O–H groups in total. The standard InChI is InChI=1S/C22H17FN6O2.C5H9N/c1-12-9-15-17(28-12)7-8-18(19(15)23)31-22-16(10-24)20(26-11-27-22)29-14-5-3-13(4-6-14)21(30)25-2;1-5-3-2-4-6-5/h3-9,11,28H,1-2H3,(H,25,30)(H,26,27,29);3,6H,2,4H2,1H3. The molecule has 5 rings (SSSR count). The zero-order valence-corrected chi connectivity index (χ0v) is 20.6. The van der Waals surface area contributed by atoms with Gasteiger partial charge in [0.25, 0.3) is 5.91 Å². The second-order valence-corrected chi connectivity index (χ2v) is 8.29. The second kappa shape index (κ2) is 11.2. The van der Waals surface area contributed by atoms with Crippen LogP contribution in [0.3, 0.4) is 0 Å². The number of aryl methyl sites for hydroxylation is 1.